The van der Waals surface area contributed by atoms with E-state index in [1.807, 2.05) is 37.3 Å². The second kappa shape index (κ2) is 2.42. The molecule has 1 atom stereocenters. The Morgan fingerprint density at radius 3 is 3.09 bits per heavy atom. The Morgan fingerprint density at radius 1 is 1.36 bits per heavy atom. The van der Waals surface area contributed by atoms with Crippen molar-refractivity contribution in [2.24, 2.45) is 0 Å². The molecule has 1 nitrogen and oxygen atoms in total. The lowest BCUT2D eigenvalue weighted by Crippen LogP contribution is -2.12. The van der Waals surface area contributed by atoms with Crippen LogP contribution in [0.4, 0.5) is 0 Å². The molecule has 55 valence electrons. The van der Waals surface area contributed by atoms with Gasteiger partial charge in [0.1, 0.15) is 11.9 Å². The summed E-state index contributed by atoms with van der Waals surface area (Å²) < 4.78 is 5.49. The van der Waals surface area contributed by atoms with Crippen molar-refractivity contribution >= 4 is 6.08 Å². The Morgan fingerprint density at radius 2 is 2.18 bits per heavy atom. The maximum atomic E-state index is 5.49. The zero-order chi connectivity index (χ0) is 7.68. The molecule has 1 aromatic rings. The van der Waals surface area contributed by atoms with E-state index in [-0.39, 0.29) is 6.10 Å². The van der Waals surface area contributed by atoms with E-state index >= 15 is 0 Å². The minimum absolute atomic E-state index is 0.0879. The second-order valence-electron chi connectivity index (χ2n) is 2.61. The molecule has 0 aromatic heterocycles. The molecule has 0 aliphatic carbocycles. The SMILES string of the molecule is CC1[C]=Cc2ccccc2O1. The normalized spacial score (nSPS) is 20.6. The van der Waals surface area contributed by atoms with Crippen LogP contribution < -0.4 is 4.74 Å². The van der Waals surface area contributed by atoms with Crippen LogP contribution >= 0.6 is 0 Å². The van der Waals surface area contributed by atoms with Crippen molar-refractivity contribution in [1.82, 2.24) is 0 Å². The van der Waals surface area contributed by atoms with Crippen LogP contribution in [0.2, 0.25) is 0 Å². The van der Waals surface area contributed by atoms with Gasteiger partial charge in [0, 0.05) is 5.56 Å². The number of para-hydroxylation sites is 1. The van der Waals surface area contributed by atoms with Crippen LogP contribution in [-0.4, -0.2) is 6.10 Å². The lowest BCUT2D eigenvalue weighted by molar-refractivity contribution is 0.259. The van der Waals surface area contributed by atoms with Crippen LogP contribution in [0.1, 0.15) is 12.5 Å². The molecule has 1 aromatic carbocycles. The van der Waals surface area contributed by atoms with E-state index in [1.54, 1.807) is 0 Å². The number of hydrogen-bond donors (Lipinski definition) is 0. The van der Waals surface area contributed by atoms with Gasteiger partial charge in [0.2, 0.25) is 0 Å². The Labute approximate surface area is 66.3 Å². The highest BCUT2D eigenvalue weighted by Gasteiger charge is 2.08. The summed E-state index contributed by atoms with van der Waals surface area (Å²) >= 11 is 0. The van der Waals surface area contributed by atoms with Gasteiger partial charge in [-0.3, -0.25) is 0 Å². The van der Waals surface area contributed by atoms with Gasteiger partial charge in [0.15, 0.2) is 0 Å². The molecular formula is C10H9O. The van der Waals surface area contributed by atoms with E-state index in [0.29, 0.717) is 0 Å². The average Bonchev–Trinajstić information content (AvgIpc) is 2.04. The summed E-state index contributed by atoms with van der Waals surface area (Å²) in [6.07, 6.45) is 5.15. The van der Waals surface area contributed by atoms with Crippen molar-refractivity contribution in [2.45, 2.75) is 13.0 Å². The fraction of sp³-hybridized carbons (Fsp3) is 0.200. The lowest BCUT2D eigenvalue weighted by atomic mass is 10.1. The van der Waals surface area contributed by atoms with E-state index in [9.17, 15) is 0 Å². The Hall–Kier alpha value is -1.24. The molecule has 0 bridgehead atoms. The van der Waals surface area contributed by atoms with Gasteiger partial charge < -0.3 is 4.74 Å². The second-order valence-corrected chi connectivity index (χ2v) is 2.61. The summed E-state index contributed by atoms with van der Waals surface area (Å²) in [4.78, 5) is 0. The molecule has 1 aliphatic rings. The third-order valence-electron chi connectivity index (χ3n) is 1.70. The zero-order valence-electron chi connectivity index (χ0n) is 6.37. The Balaban J connectivity index is 2.46. The van der Waals surface area contributed by atoms with Crippen molar-refractivity contribution < 1.29 is 4.74 Å². The smallest absolute Gasteiger partial charge is 0.127 e. The van der Waals surface area contributed by atoms with Gasteiger partial charge in [-0.2, -0.15) is 0 Å². The molecule has 11 heavy (non-hydrogen) atoms. The molecule has 0 N–H and O–H groups in total. The minimum atomic E-state index is 0.0879. The van der Waals surface area contributed by atoms with Gasteiger partial charge in [0.25, 0.3) is 0 Å². The summed E-state index contributed by atoms with van der Waals surface area (Å²) in [5, 5.41) is 0. The summed E-state index contributed by atoms with van der Waals surface area (Å²) in [5.74, 6) is 0.957. The number of benzene rings is 1. The van der Waals surface area contributed by atoms with Gasteiger partial charge in [-0.15, -0.1) is 0 Å². The molecule has 0 amide bonds. The average molecular weight is 145 g/mol. The third-order valence-corrected chi connectivity index (χ3v) is 1.70. The van der Waals surface area contributed by atoms with E-state index in [0.717, 1.165) is 11.3 Å². The van der Waals surface area contributed by atoms with Crippen molar-refractivity contribution in [1.29, 1.82) is 0 Å². The number of rotatable bonds is 0. The van der Waals surface area contributed by atoms with Crippen molar-refractivity contribution in [2.75, 3.05) is 0 Å². The first-order valence-electron chi connectivity index (χ1n) is 3.71. The fourth-order valence-corrected chi connectivity index (χ4v) is 1.14. The van der Waals surface area contributed by atoms with Crippen LogP contribution in [0.3, 0.4) is 0 Å². The highest BCUT2D eigenvalue weighted by molar-refractivity contribution is 5.57. The largest absolute Gasteiger partial charge is 0.485 e. The lowest BCUT2D eigenvalue weighted by Gasteiger charge is -2.16. The van der Waals surface area contributed by atoms with E-state index in [1.165, 1.54) is 0 Å². The molecule has 1 radical (unpaired) electrons. The van der Waals surface area contributed by atoms with Gasteiger partial charge in [-0.05, 0) is 25.1 Å². The monoisotopic (exact) mass is 145 g/mol. The van der Waals surface area contributed by atoms with Gasteiger partial charge in [-0.1, -0.05) is 18.2 Å². The standard InChI is InChI=1S/C10H9O/c1-8-6-7-9-4-2-3-5-10(9)11-8/h2-5,7-8H,1H3. The van der Waals surface area contributed by atoms with E-state index in [2.05, 4.69) is 6.08 Å². The fourth-order valence-electron chi connectivity index (χ4n) is 1.14. The first-order chi connectivity index (χ1) is 5.36. The van der Waals surface area contributed by atoms with Crippen LogP contribution in [0.5, 0.6) is 5.75 Å². The van der Waals surface area contributed by atoms with Gasteiger partial charge in [0.05, 0.1) is 0 Å². The van der Waals surface area contributed by atoms with Crippen molar-refractivity contribution in [3.05, 3.63) is 35.9 Å². The minimum Gasteiger partial charge on any atom is -0.485 e. The highest BCUT2D eigenvalue weighted by atomic mass is 16.5. The van der Waals surface area contributed by atoms with Gasteiger partial charge >= 0.3 is 0 Å². The molecule has 0 spiro atoms. The molecule has 1 aliphatic heterocycles. The zero-order valence-corrected chi connectivity index (χ0v) is 6.37. The summed E-state index contributed by atoms with van der Waals surface area (Å²) in [6.45, 7) is 1.98. The topological polar surface area (TPSA) is 9.23 Å². The number of hydrogen-bond acceptors (Lipinski definition) is 1. The molecule has 1 unspecified atom stereocenters. The maximum absolute atomic E-state index is 5.49. The van der Waals surface area contributed by atoms with Crippen LogP contribution in [-0.2, 0) is 0 Å². The maximum Gasteiger partial charge on any atom is 0.127 e. The molecule has 2 rings (SSSR count). The molecular weight excluding hydrogens is 136 g/mol. The Kier molecular flexibility index (Phi) is 1.42. The van der Waals surface area contributed by atoms with Crippen LogP contribution in [0, 0.1) is 6.08 Å². The summed E-state index contributed by atoms with van der Waals surface area (Å²) in [7, 11) is 0. The third kappa shape index (κ3) is 1.14. The quantitative estimate of drug-likeness (QED) is 0.544. The van der Waals surface area contributed by atoms with Crippen molar-refractivity contribution in [3.8, 4) is 5.75 Å². The molecule has 1 heteroatoms. The van der Waals surface area contributed by atoms with E-state index in [4.69, 9.17) is 4.74 Å². The molecule has 1 heterocycles. The molecule has 0 fully saturated rings. The number of fused-ring (bicyclic) bond motifs is 1. The summed E-state index contributed by atoms with van der Waals surface area (Å²) in [6, 6.07) is 7.97. The number of ether oxygens (including phenoxy) is 1. The van der Waals surface area contributed by atoms with Crippen LogP contribution in [0.15, 0.2) is 24.3 Å². The van der Waals surface area contributed by atoms with Crippen LogP contribution in [0.25, 0.3) is 6.08 Å². The predicted molar refractivity (Wildman–Crippen MR) is 44.2 cm³/mol. The first-order valence-corrected chi connectivity index (χ1v) is 3.71. The Bertz CT molecular complexity index is 289. The highest BCUT2D eigenvalue weighted by Crippen LogP contribution is 2.24. The molecule has 0 saturated heterocycles. The van der Waals surface area contributed by atoms with Gasteiger partial charge in [-0.25, -0.2) is 0 Å². The van der Waals surface area contributed by atoms with E-state index < -0.39 is 0 Å². The summed E-state index contributed by atoms with van der Waals surface area (Å²) in [5.41, 5.74) is 1.12. The first kappa shape index (κ1) is 6.47. The predicted octanol–water partition coefficient (Wildman–Crippen LogP) is 2.28. The molecule has 0 saturated carbocycles. The van der Waals surface area contributed by atoms with Crippen molar-refractivity contribution in [3.63, 3.8) is 0 Å².